The molecule has 2 rings (SSSR count). The van der Waals surface area contributed by atoms with Gasteiger partial charge in [0.15, 0.2) is 11.5 Å². The highest BCUT2D eigenvalue weighted by Crippen LogP contribution is 2.38. The third-order valence-corrected chi connectivity index (χ3v) is 3.75. The molecule has 0 radical (unpaired) electrons. The lowest BCUT2D eigenvalue weighted by Crippen LogP contribution is -2.20. The lowest BCUT2D eigenvalue weighted by Gasteiger charge is -2.12. The van der Waals surface area contributed by atoms with Crippen LogP contribution in [0.25, 0.3) is 6.08 Å². The maximum absolute atomic E-state index is 12.0. The number of nitrogens with one attached hydrogen (secondary N) is 1. The standard InChI is InChI=1S/C20H21NO6/c1-25-16-10-13(11-17(26-2)19(16)27-3)7-8-18(22)21-12-14-5-4-6-15(9-14)20(23)24/h4-11H,12H2,1-3H3,(H,21,22)(H,23,24)/b8-7+. The van der Waals surface area contributed by atoms with Gasteiger partial charge in [-0.2, -0.15) is 0 Å². The Morgan fingerprint density at radius 3 is 2.26 bits per heavy atom. The molecule has 0 saturated carbocycles. The van der Waals surface area contributed by atoms with E-state index in [1.165, 1.54) is 39.5 Å². The van der Waals surface area contributed by atoms with Gasteiger partial charge in [-0.3, -0.25) is 4.79 Å². The number of hydrogen-bond donors (Lipinski definition) is 2. The number of amides is 1. The van der Waals surface area contributed by atoms with Crippen molar-refractivity contribution in [3.05, 3.63) is 59.2 Å². The molecule has 7 heteroatoms. The summed E-state index contributed by atoms with van der Waals surface area (Å²) in [6, 6.07) is 9.85. The zero-order chi connectivity index (χ0) is 19.8. The van der Waals surface area contributed by atoms with Crippen molar-refractivity contribution in [3.63, 3.8) is 0 Å². The van der Waals surface area contributed by atoms with E-state index >= 15 is 0 Å². The predicted molar refractivity (Wildman–Crippen MR) is 100 cm³/mol. The van der Waals surface area contributed by atoms with Gasteiger partial charge in [0.1, 0.15) is 0 Å². The highest BCUT2D eigenvalue weighted by molar-refractivity contribution is 5.92. The van der Waals surface area contributed by atoms with Crippen LogP contribution in [-0.2, 0) is 11.3 Å². The van der Waals surface area contributed by atoms with E-state index < -0.39 is 5.97 Å². The minimum atomic E-state index is -1.01. The van der Waals surface area contributed by atoms with Gasteiger partial charge in [-0.05, 0) is 41.5 Å². The number of carboxylic acids is 1. The average molecular weight is 371 g/mol. The van der Waals surface area contributed by atoms with E-state index in [4.69, 9.17) is 19.3 Å². The fourth-order valence-electron chi connectivity index (χ4n) is 2.43. The molecule has 0 bridgehead atoms. The number of carboxylic acid groups (broad SMARTS) is 1. The monoisotopic (exact) mass is 371 g/mol. The van der Waals surface area contributed by atoms with Crippen molar-refractivity contribution in [2.45, 2.75) is 6.54 Å². The minimum absolute atomic E-state index is 0.176. The van der Waals surface area contributed by atoms with Gasteiger partial charge in [0.25, 0.3) is 0 Å². The molecular weight excluding hydrogens is 350 g/mol. The zero-order valence-electron chi connectivity index (χ0n) is 15.3. The first-order valence-electron chi connectivity index (χ1n) is 8.06. The Balaban J connectivity index is 2.06. The largest absolute Gasteiger partial charge is 0.493 e. The maximum atomic E-state index is 12.0. The Morgan fingerprint density at radius 1 is 1.04 bits per heavy atom. The van der Waals surface area contributed by atoms with Crippen molar-refractivity contribution in [1.29, 1.82) is 0 Å². The maximum Gasteiger partial charge on any atom is 0.335 e. The molecule has 1 amide bonds. The molecule has 0 aliphatic carbocycles. The SMILES string of the molecule is COc1cc(/C=C/C(=O)NCc2cccc(C(=O)O)c2)cc(OC)c1OC. The Morgan fingerprint density at radius 2 is 1.70 bits per heavy atom. The summed E-state index contributed by atoms with van der Waals surface area (Å²) in [6.45, 7) is 0.222. The van der Waals surface area contributed by atoms with Crippen molar-refractivity contribution in [1.82, 2.24) is 5.32 Å². The molecule has 0 saturated heterocycles. The molecular formula is C20H21NO6. The lowest BCUT2D eigenvalue weighted by atomic mass is 10.1. The van der Waals surface area contributed by atoms with E-state index in [1.807, 2.05) is 0 Å². The predicted octanol–water partition coefficient (Wildman–Crippen LogP) is 2.74. The minimum Gasteiger partial charge on any atom is -0.493 e. The molecule has 7 nitrogen and oxygen atoms in total. The van der Waals surface area contributed by atoms with E-state index in [2.05, 4.69) is 5.32 Å². The van der Waals surface area contributed by atoms with Crippen LogP contribution in [0.15, 0.2) is 42.5 Å². The molecule has 0 unspecified atom stereocenters. The number of methoxy groups -OCH3 is 3. The van der Waals surface area contributed by atoms with Gasteiger partial charge >= 0.3 is 5.97 Å². The number of rotatable bonds is 8. The van der Waals surface area contributed by atoms with Crippen molar-refractivity contribution in [3.8, 4) is 17.2 Å². The second kappa shape index (κ2) is 9.28. The molecule has 142 valence electrons. The van der Waals surface area contributed by atoms with Gasteiger partial charge in [-0.1, -0.05) is 12.1 Å². The molecule has 0 aliphatic rings. The van der Waals surface area contributed by atoms with Gasteiger partial charge in [0, 0.05) is 12.6 Å². The molecule has 0 aromatic heterocycles. The van der Waals surface area contributed by atoms with Crippen LogP contribution in [0.2, 0.25) is 0 Å². The summed E-state index contributed by atoms with van der Waals surface area (Å²) < 4.78 is 15.8. The summed E-state index contributed by atoms with van der Waals surface area (Å²) in [6.07, 6.45) is 3.00. The number of carbonyl (C=O) groups is 2. The summed E-state index contributed by atoms with van der Waals surface area (Å²) in [5, 5.41) is 11.7. The fourth-order valence-corrected chi connectivity index (χ4v) is 2.43. The second-order valence-electron chi connectivity index (χ2n) is 5.52. The molecule has 0 spiro atoms. The van der Waals surface area contributed by atoms with Crippen LogP contribution in [0.5, 0.6) is 17.2 Å². The van der Waals surface area contributed by atoms with Crippen LogP contribution in [0.4, 0.5) is 0 Å². The second-order valence-corrected chi connectivity index (χ2v) is 5.52. The zero-order valence-corrected chi connectivity index (χ0v) is 15.3. The van der Waals surface area contributed by atoms with Gasteiger partial charge in [0.05, 0.1) is 26.9 Å². The first-order chi connectivity index (χ1) is 13.0. The third kappa shape index (κ3) is 5.24. The summed E-state index contributed by atoms with van der Waals surface area (Å²) in [7, 11) is 4.55. The normalized spacial score (nSPS) is 10.5. The Kier molecular flexibility index (Phi) is 6.82. The summed E-state index contributed by atoms with van der Waals surface area (Å²) in [4.78, 5) is 23.0. The molecule has 0 aliphatic heterocycles. The Labute approximate surface area is 157 Å². The number of hydrogen-bond acceptors (Lipinski definition) is 5. The molecule has 2 N–H and O–H groups in total. The topological polar surface area (TPSA) is 94.1 Å². The average Bonchev–Trinajstić information content (AvgIpc) is 2.69. The van der Waals surface area contributed by atoms with Gasteiger partial charge in [-0.25, -0.2) is 4.79 Å². The first kappa shape index (κ1) is 19.8. The molecule has 2 aromatic rings. The number of ether oxygens (including phenoxy) is 3. The van der Waals surface area contributed by atoms with E-state index in [0.29, 0.717) is 28.4 Å². The van der Waals surface area contributed by atoms with E-state index in [0.717, 1.165) is 0 Å². The molecule has 0 heterocycles. The van der Waals surface area contributed by atoms with Crippen molar-refractivity contribution in [2.75, 3.05) is 21.3 Å². The number of carbonyl (C=O) groups excluding carboxylic acids is 1. The third-order valence-electron chi connectivity index (χ3n) is 3.75. The highest BCUT2D eigenvalue weighted by Gasteiger charge is 2.12. The lowest BCUT2D eigenvalue weighted by molar-refractivity contribution is -0.116. The van der Waals surface area contributed by atoms with Gasteiger partial charge < -0.3 is 24.6 Å². The summed E-state index contributed by atoms with van der Waals surface area (Å²) in [5.74, 6) is 0.125. The summed E-state index contributed by atoms with van der Waals surface area (Å²) in [5.41, 5.74) is 1.58. The number of aromatic carboxylic acids is 1. The Hall–Kier alpha value is -3.48. The van der Waals surface area contributed by atoms with E-state index in [-0.39, 0.29) is 18.0 Å². The van der Waals surface area contributed by atoms with Crippen LogP contribution in [-0.4, -0.2) is 38.3 Å². The molecule has 0 fully saturated rings. The summed E-state index contributed by atoms with van der Waals surface area (Å²) >= 11 is 0. The van der Waals surface area contributed by atoms with Crippen LogP contribution in [0.3, 0.4) is 0 Å². The quantitative estimate of drug-likeness (QED) is 0.693. The first-order valence-corrected chi connectivity index (χ1v) is 8.06. The number of benzene rings is 2. The van der Waals surface area contributed by atoms with Crippen molar-refractivity contribution >= 4 is 18.0 Å². The van der Waals surface area contributed by atoms with Crippen LogP contribution < -0.4 is 19.5 Å². The smallest absolute Gasteiger partial charge is 0.335 e. The van der Waals surface area contributed by atoms with Crippen molar-refractivity contribution in [2.24, 2.45) is 0 Å². The van der Waals surface area contributed by atoms with E-state index in [1.54, 1.807) is 30.3 Å². The fraction of sp³-hybridized carbons (Fsp3) is 0.200. The molecule has 0 atom stereocenters. The van der Waals surface area contributed by atoms with Crippen LogP contribution >= 0.6 is 0 Å². The highest BCUT2D eigenvalue weighted by atomic mass is 16.5. The Bertz CT molecular complexity index is 834. The van der Waals surface area contributed by atoms with Gasteiger partial charge in [-0.15, -0.1) is 0 Å². The van der Waals surface area contributed by atoms with Crippen LogP contribution in [0, 0.1) is 0 Å². The molecule has 2 aromatic carbocycles. The van der Waals surface area contributed by atoms with Crippen molar-refractivity contribution < 1.29 is 28.9 Å². The van der Waals surface area contributed by atoms with Gasteiger partial charge in [0.2, 0.25) is 11.7 Å². The van der Waals surface area contributed by atoms with Crippen LogP contribution in [0.1, 0.15) is 21.5 Å². The van der Waals surface area contributed by atoms with E-state index in [9.17, 15) is 9.59 Å². The molecule has 27 heavy (non-hydrogen) atoms.